The molecule has 1 aromatic carbocycles. The predicted octanol–water partition coefficient (Wildman–Crippen LogP) is 0.813. The van der Waals surface area contributed by atoms with Gasteiger partial charge >= 0.3 is 5.97 Å². The number of rotatable bonds is 1. The molecule has 4 heteroatoms. The van der Waals surface area contributed by atoms with Gasteiger partial charge in [-0.25, -0.2) is 4.79 Å². The number of aromatic hydroxyl groups is 1. The van der Waals surface area contributed by atoms with Crippen LogP contribution in [0.2, 0.25) is 0 Å². The summed E-state index contributed by atoms with van der Waals surface area (Å²) < 4.78 is 0. The highest BCUT2D eigenvalue weighted by atomic mass is 16.4. The van der Waals surface area contributed by atoms with Crippen molar-refractivity contribution in [3.63, 3.8) is 0 Å². The van der Waals surface area contributed by atoms with E-state index in [4.69, 9.17) is 5.11 Å². The van der Waals surface area contributed by atoms with Crippen molar-refractivity contribution in [3.05, 3.63) is 23.8 Å². The van der Waals surface area contributed by atoms with Crippen LogP contribution in [0.5, 0.6) is 5.75 Å². The van der Waals surface area contributed by atoms with Crippen LogP contribution in [-0.4, -0.2) is 22.2 Å². The van der Waals surface area contributed by atoms with E-state index in [2.05, 4.69) is 5.32 Å². The Kier molecular flexibility index (Phi) is 1.62. The molecule has 0 radical (unpaired) electrons. The number of aliphatic carboxylic acids is 1. The minimum Gasteiger partial charge on any atom is -0.508 e. The van der Waals surface area contributed by atoms with Gasteiger partial charge in [-0.15, -0.1) is 0 Å². The van der Waals surface area contributed by atoms with Crippen LogP contribution in [0.25, 0.3) is 0 Å². The van der Waals surface area contributed by atoms with Gasteiger partial charge in [0, 0.05) is 17.7 Å². The van der Waals surface area contributed by atoms with E-state index in [9.17, 15) is 9.90 Å². The van der Waals surface area contributed by atoms with Crippen LogP contribution in [0.15, 0.2) is 18.2 Å². The van der Waals surface area contributed by atoms with Crippen molar-refractivity contribution in [2.24, 2.45) is 0 Å². The van der Waals surface area contributed by atoms with Crippen molar-refractivity contribution in [1.82, 2.24) is 0 Å². The number of hydrogen-bond donors (Lipinski definition) is 3. The molecular formula is C9H9NO3. The van der Waals surface area contributed by atoms with E-state index in [1.807, 2.05) is 0 Å². The van der Waals surface area contributed by atoms with Gasteiger partial charge in [-0.3, -0.25) is 0 Å². The number of fused-ring (bicyclic) bond motifs is 1. The van der Waals surface area contributed by atoms with E-state index in [-0.39, 0.29) is 5.75 Å². The molecule has 1 aliphatic heterocycles. The number of phenolic OH excluding ortho intramolecular Hbond substituents is 1. The minimum absolute atomic E-state index is 0.161. The summed E-state index contributed by atoms with van der Waals surface area (Å²) in [5, 5.41) is 20.9. The Morgan fingerprint density at radius 3 is 2.92 bits per heavy atom. The largest absolute Gasteiger partial charge is 0.508 e. The second kappa shape index (κ2) is 2.65. The summed E-state index contributed by atoms with van der Waals surface area (Å²) in [6, 6.07) is 4.40. The van der Waals surface area contributed by atoms with E-state index >= 15 is 0 Å². The summed E-state index contributed by atoms with van der Waals surface area (Å²) >= 11 is 0. The molecule has 13 heavy (non-hydrogen) atoms. The van der Waals surface area contributed by atoms with Gasteiger partial charge < -0.3 is 15.5 Å². The van der Waals surface area contributed by atoms with Gasteiger partial charge in [0.1, 0.15) is 11.8 Å². The first kappa shape index (κ1) is 7.91. The number of carbonyl (C=O) groups is 1. The summed E-state index contributed by atoms with van der Waals surface area (Å²) in [6.07, 6.45) is 0.345. The van der Waals surface area contributed by atoms with Crippen LogP contribution >= 0.6 is 0 Å². The SMILES string of the molecule is O=C(O)C1Cc2c(O)cccc2N1. The highest BCUT2D eigenvalue weighted by molar-refractivity contribution is 5.82. The molecule has 0 amide bonds. The highest BCUT2D eigenvalue weighted by Gasteiger charge is 2.27. The number of benzene rings is 1. The average molecular weight is 179 g/mol. The van der Waals surface area contributed by atoms with Crippen molar-refractivity contribution >= 4 is 11.7 Å². The molecular weight excluding hydrogens is 170 g/mol. The van der Waals surface area contributed by atoms with Gasteiger partial charge in [0.05, 0.1) is 0 Å². The number of carboxylic acid groups (broad SMARTS) is 1. The first-order valence-electron chi connectivity index (χ1n) is 3.98. The Hall–Kier alpha value is -1.71. The van der Waals surface area contributed by atoms with E-state index in [0.717, 1.165) is 0 Å². The number of nitrogens with one attached hydrogen (secondary N) is 1. The van der Waals surface area contributed by atoms with Gasteiger partial charge in [0.25, 0.3) is 0 Å². The maximum absolute atomic E-state index is 10.6. The van der Waals surface area contributed by atoms with Crippen molar-refractivity contribution in [3.8, 4) is 5.75 Å². The number of phenols is 1. The van der Waals surface area contributed by atoms with E-state index < -0.39 is 12.0 Å². The maximum Gasteiger partial charge on any atom is 0.326 e. The second-order valence-corrected chi connectivity index (χ2v) is 3.04. The van der Waals surface area contributed by atoms with Crippen LogP contribution < -0.4 is 5.32 Å². The Labute approximate surface area is 74.8 Å². The summed E-state index contributed by atoms with van der Waals surface area (Å²) in [7, 11) is 0. The maximum atomic E-state index is 10.6. The topological polar surface area (TPSA) is 69.6 Å². The molecule has 68 valence electrons. The third-order valence-electron chi connectivity index (χ3n) is 2.19. The monoisotopic (exact) mass is 179 g/mol. The van der Waals surface area contributed by atoms with Crippen molar-refractivity contribution < 1.29 is 15.0 Å². The van der Waals surface area contributed by atoms with Crippen molar-refractivity contribution in [1.29, 1.82) is 0 Å². The van der Waals surface area contributed by atoms with Gasteiger partial charge in [-0.1, -0.05) is 6.07 Å². The van der Waals surface area contributed by atoms with E-state index in [1.54, 1.807) is 18.2 Å². The third-order valence-corrected chi connectivity index (χ3v) is 2.19. The molecule has 1 unspecified atom stereocenters. The summed E-state index contributed by atoms with van der Waals surface area (Å²) in [4.78, 5) is 10.6. The van der Waals surface area contributed by atoms with Gasteiger partial charge in [0.15, 0.2) is 0 Å². The first-order chi connectivity index (χ1) is 6.18. The Bertz CT molecular complexity index is 362. The molecule has 0 aromatic heterocycles. The molecule has 4 nitrogen and oxygen atoms in total. The minimum atomic E-state index is -0.893. The first-order valence-corrected chi connectivity index (χ1v) is 3.98. The molecule has 3 N–H and O–H groups in total. The zero-order valence-corrected chi connectivity index (χ0v) is 6.82. The molecule has 1 aromatic rings. The molecule has 1 atom stereocenters. The quantitative estimate of drug-likeness (QED) is 0.596. The standard InChI is InChI=1S/C9H9NO3/c11-8-3-1-2-6-5(8)4-7(10-6)9(12)13/h1-3,7,10-11H,4H2,(H,12,13). The highest BCUT2D eigenvalue weighted by Crippen LogP contribution is 2.32. The molecule has 1 heterocycles. The molecule has 1 aliphatic rings. The fraction of sp³-hybridized carbons (Fsp3) is 0.222. The van der Waals surface area contributed by atoms with Gasteiger partial charge in [-0.05, 0) is 12.1 Å². The van der Waals surface area contributed by atoms with Crippen LogP contribution in [0.1, 0.15) is 5.56 Å². The molecule has 0 spiro atoms. The molecule has 0 saturated heterocycles. The predicted molar refractivity (Wildman–Crippen MR) is 46.9 cm³/mol. The molecule has 0 bridgehead atoms. The molecule has 0 saturated carbocycles. The zero-order chi connectivity index (χ0) is 9.42. The molecule has 2 rings (SSSR count). The lowest BCUT2D eigenvalue weighted by molar-refractivity contribution is -0.137. The van der Waals surface area contributed by atoms with E-state index in [1.165, 1.54) is 0 Å². The lowest BCUT2D eigenvalue weighted by Gasteiger charge is -2.02. The lowest BCUT2D eigenvalue weighted by Crippen LogP contribution is -2.26. The fourth-order valence-corrected chi connectivity index (χ4v) is 1.52. The van der Waals surface area contributed by atoms with Crippen LogP contribution in [0.3, 0.4) is 0 Å². The fourth-order valence-electron chi connectivity index (χ4n) is 1.52. The number of hydrogen-bond acceptors (Lipinski definition) is 3. The lowest BCUT2D eigenvalue weighted by atomic mass is 10.1. The molecule has 0 fully saturated rings. The van der Waals surface area contributed by atoms with Crippen molar-refractivity contribution in [2.75, 3.05) is 5.32 Å². The Morgan fingerprint density at radius 1 is 1.54 bits per heavy atom. The normalized spacial score (nSPS) is 19.2. The summed E-state index contributed by atoms with van der Waals surface area (Å²) in [6.45, 7) is 0. The van der Waals surface area contributed by atoms with Crippen LogP contribution in [0.4, 0.5) is 5.69 Å². The van der Waals surface area contributed by atoms with Crippen molar-refractivity contribution in [2.45, 2.75) is 12.5 Å². The van der Waals surface area contributed by atoms with Crippen LogP contribution in [-0.2, 0) is 11.2 Å². The Morgan fingerprint density at radius 2 is 2.31 bits per heavy atom. The second-order valence-electron chi connectivity index (χ2n) is 3.04. The smallest absolute Gasteiger partial charge is 0.326 e. The number of anilines is 1. The van der Waals surface area contributed by atoms with Gasteiger partial charge in [0.2, 0.25) is 0 Å². The van der Waals surface area contributed by atoms with Crippen LogP contribution in [0, 0.1) is 0 Å². The average Bonchev–Trinajstić information content (AvgIpc) is 2.49. The number of carboxylic acids is 1. The zero-order valence-electron chi connectivity index (χ0n) is 6.82. The summed E-state index contributed by atoms with van der Waals surface area (Å²) in [5.41, 5.74) is 1.40. The van der Waals surface area contributed by atoms with E-state index in [0.29, 0.717) is 17.7 Å². The molecule has 0 aliphatic carbocycles. The Balaban J connectivity index is 2.35. The van der Waals surface area contributed by atoms with Gasteiger partial charge in [-0.2, -0.15) is 0 Å². The summed E-state index contributed by atoms with van der Waals surface area (Å²) in [5.74, 6) is -0.732. The third kappa shape index (κ3) is 1.20.